The average Bonchev–Trinajstić information content (AvgIpc) is 2.93. The van der Waals surface area contributed by atoms with Gasteiger partial charge in [0, 0.05) is 32.1 Å². The Labute approximate surface area is 135 Å². The summed E-state index contributed by atoms with van der Waals surface area (Å²) in [6.07, 6.45) is 0. The summed E-state index contributed by atoms with van der Waals surface area (Å²) in [5.74, 6) is 0. The van der Waals surface area contributed by atoms with E-state index in [1.54, 1.807) is 23.5 Å². The van der Waals surface area contributed by atoms with Gasteiger partial charge in [-0.2, -0.15) is 0 Å². The molecule has 1 aromatic heterocycles. The van der Waals surface area contributed by atoms with E-state index in [0.29, 0.717) is 6.54 Å². The van der Waals surface area contributed by atoms with Gasteiger partial charge in [-0.05, 0) is 24.6 Å². The molecule has 0 spiro atoms. The maximum Gasteiger partial charge on any atom is 0.238 e. The second-order valence-corrected chi connectivity index (χ2v) is 7.63. The van der Waals surface area contributed by atoms with Crippen LogP contribution in [0.2, 0.25) is 0 Å². The van der Waals surface area contributed by atoms with Crippen LogP contribution in [0.3, 0.4) is 0 Å². The first-order valence-corrected chi connectivity index (χ1v) is 9.18. The highest BCUT2D eigenvalue weighted by Gasteiger charge is 2.10. The number of hydrogen-bond acceptors (Lipinski definition) is 6. The number of hydrogen-bond donors (Lipinski definition) is 2. The van der Waals surface area contributed by atoms with Crippen molar-refractivity contribution < 1.29 is 8.42 Å². The molecule has 0 aliphatic rings. The van der Waals surface area contributed by atoms with E-state index in [1.165, 1.54) is 12.1 Å². The van der Waals surface area contributed by atoms with Gasteiger partial charge >= 0.3 is 0 Å². The molecule has 0 amide bonds. The molecule has 1 atom stereocenters. The van der Waals surface area contributed by atoms with E-state index in [9.17, 15) is 8.42 Å². The van der Waals surface area contributed by atoms with Crippen molar-refractivity contribution in [3.05, 3.63) is 40.9 Å². The van der Waals surface area contributed by atoms with E-state index < -0.39 is 10.0 Å². The standard InChI is InChI=1S/C14H20N4O2S2/c1-10(11-4-6-13(7-5-11)22(15,19)20)16-8-12-9-21-14(17-12)18(2)3/h4-7,9-10,16H,8H2,1-3H3,(H2,15,19,20). The van der Waals surface area contributed by atoms with Crippen molar-refractivity contribution >= 4 is 26.5 Å². The fourth-order valence-corrected chi connectivity index (χ4v) is 3.18. The first kappa shape index (κ1) is 16.9. The molecule has 1 unspecified atom stereocenters. The van der Waals surface area contributed by atoms with Crippen LogP contribution in [0.1, 0.15) is 24.2 Å². The summed E-state index contributed by atoms with van der Waals surface area (Å²) < 4.78 is 22.5. The van der Waals surface area contributed by atoms with Crippen molar-refractivity contribution in [1.82, 2.24) is 10.3 Å². The Morgan fingerprint density at radius 3 is 2.45 bits per heavy atom. The van der Waals surface area contributed by atoms with Crippen LogP contribution in [-0.2, 0) is 16.6 Å². The van der Waals surface area contributed by atoms with Crippen molar-refractivity contribution in [3.8, 4) is 0 Å². The number of rotatable bonds is 6. The van der Waals surface area contributed by atoms with Crippen LogP contribution in [0.25, 0.3) is 0 Å². The summed E-state index contributed by atoms with van der Waals surface area (Å²) in [6, 6.07) is 6.66. The molecule has 8 heteroatoms. The van der Waals surface area contributed by atoms with Crippen molar-refractivity contribution in [2.24, 2.45) is 5.14 Å². The number of nitrogens with one attached hydrogen (secondary N) is 1. The van der Waals surface area contributed by atoms with Gasteiger partial charge in [0.15, 0.2) is 5.13 Å². The largest absolute Gasteiger partial charge is 0.354 e. The van der Waals surface area contributed by atoms with E-state index >= 15 is 0 Å². The Kier molecular flexibility index (Phi) is 5.17. The predicted molar refractivity (Wildman–Crippen MR) is 89.5 cm³/mol. The fourth-order valence-electron chi connectivity index (χ4n) is 1.90. The van der Waals surface area contributed by atoms with E-state index in [0.717, 1.165) is 16.4 Å². The number of anilines is 1. The molecule has 1 aromatic carbocycles. The Balaban J connectivity index is 1.98. The molecule has 2 aromatic rings. The highest BCUT2D eigenvalue weighted by molar-refractivity contribution is 7.89. The maximum absolute atomic E-state index is 11.2. The van der Waals surface area contributed by atoms with Gasteiger partial charge in [0.25, 0.3) is 0 Å². The van der Waals surface area contributed by atoms with Crippen molar-refractivity contribution in [2.75, 3.05) is 19.0 Å². The maximum atomic E-state index is 11.2. The number of benzene rings is 1. The van der Waals surface area contributed by atoms with Crippen LogP contribution in [0, 0.1) is 0 Å². The SMILES string of the molecule is CC(NCc1csc(N(C)C)n1)c1ccc(S(N)(=O)=O)cc1. The van der Waals surface area contributed by atoms with E-state index in [1.807, 2.05) is 31.3 Å². The third-order valence-electron chi connectivity index (χ3n) is 3.22. The van der Waals surface area contributed by atoms with Crippen LogP contribution in [0.4, 0.5) is 5.13 Å². The zero-order valence-electron chi connectivity index (χ0n) is 12.8. The van der Waals surface area contributed by atoms with Crippen molar-refractivity contribution in [3.63, 3.8) is 0 Å². The molecule has 0 aliphatic heterocycles. The summed E-state index contributed by atoms with van der Waals surface area (Å²) in [4.78, 5) is 6.61. The topological polar surface area (TPSA) is 88.3 Å². The monoisotopic (exact) mass is 340 g/mol. The van der Waals surface area contributed by atoms with Gasteiger partial charge in [-0.25, -0.2) is 18.5 Å². The molecule has 0 fully saturated rings. The molecule has 3 N–H and O–H groups in total. The van der Waals surface area contributed by atoms with Crippen LogP contribution >= 0.6 is 11.3 Å². The van der Waals surface area contributed by atoms with Gasteiger partial charge in [-0.3, -0.25) is 0 Å². The van der Waals surface area contributed by atoms with Gasteiger partial charge < -0.3 is 10.2 Å². The molecule has 0 aliphatic carbocycles. The quantitative estimate of drug-likeness (QED) is 0.836. The lowest BCUT2D eigenvalue weighted by atomic mass is 10.1. The molecular formula is C14H20N4O2S2. The molecule has 0 saturated carbocycles. The van der Waals surface area contributed by atoms with E-state index in [-0.39, 0.29) is 10.9 Å². The molecule has 22 heavy (non-hydrogen) atoms. The molecule has 2 rings (SSSR count). The third kappa shape index (κ3) is 4.26. The summed E-state index contributed by atoms with van der Waals surface area (Å²) in [6.45, 7) is 2.67. The van der Waals surface area contributed by atoms with Gasteiger partial charge in [0.1, 0.15) is 0 Å². The third-order valence-corrected chi connectivity index (χ3v) is 5.21. The molecule has 0 saturated heterocycles. The number of nitrogens with two attached hydrogens (primary N) is 1. The fraction of sp³-hybridized carbons (Fsp3) is 0.357. The average molecular weight is 340 g/mol. The summed E-state index contributed by atoms with van der Waals surface area (Å²) in [5.41, 5.74) is 1.98. The number of primary sulfonamides is 1. The van der Waals surface area contributed by atoms with Gasteiger partial charge in [0.2, 0.25) is 10.0 Å². The van der Waals surface area contributed by atoms with Crippen LogP contribution < -0.4 is 15.4 Å². The zero-order valence-corrected chi connectivity index (χ0v) is 14.4. The van der Waals surface area contributed by atoms with Gasteiger partial charge in [-0.1, -0.05) is 12.1 Å². The number of aromatic nitrogens is 1. The van der Waals surface area contributed by atoms with Crippen LogP contribution in [-0.4, -0.2) is 27.5 Å². The normalized spacial score (nSPS) is 13.1. The Morgan fingerprint density at radius 2 is 1.95 bits per heavy atom. The number of sulfonamides is 1. The molecule has 0 radical (unpaired) electrons. The van der Waals surface area contributed by atoms with Gasteiger partial charge in [-0.15, -0.1) is 11.3 Å². The lowest BCUT2D eigenvalue weighted by Gasteiger charge is -2.14. The highest BCUT2D eigenvalue weighted by Crippen LogP contribution is 2.19. The summed E-state index contributed by atoms with van der Waals surface area (Å²) in [7, 11) is 0.288. The molecular weight excluding hydrogens is 320 g/mol. The number of thiazole rings is 1. The van der Waals surface area contributed by atoms with Crippen LogP contribution in [0.15, 0.2) is 34.5 Å². The predicted octanol–water partition coefficient (Wildman–Crippen LogP) is 1.71. The Bertz CT molecular complexity index is 724. The summed E-state index contributed by atoms with van der Waals surface area (Å²) >= 11 is 1.60. The molecule has 1 heterocycles. The summed E-state index contributed by atoms with van der Waals surface area (Å²) in [5, 5.41) is 11.5. The van der Waals surface area contributed by atoms with E-state index in [2.05, 4.69) is 10.3 Å². The molecule has 6 nitrogen and oxygen atoms in total. The lowest BCUT2D eigenvalue weighted by Crippen LogP contribution is -2.19. The second kappa shape index (κ2) is 6.74. The molecule has 0 bridgehead atoms. The first-order chi connectivity index (χ1) is 10.3. The smallest absolute Gasteiger partial charge is 0.238 e. The van der Waals surface area contributed by atoms with Crippen LogP contribution in [0.5, 0.6) is 0 Å². The van der Waals surface area contributed by atoms with Crippen molar-refractivity contribution in [2.45, 2.75) is 24.4 Å². The Hall–Kier alpha value is -1.48. The molecule has 120 valence electrons. The number of nitrogens with zero attached hydrogens (tertiary/aromatic N) is 2. The van der Waals surface area contributed by atoms with E-state index in [4.69, 9.17) is 5.14 Å². The zero-order chi connectivity index (χ0) is 16.3. The Morgan fingerprint density at radius 1 is 1.32 bits per heavy atom. The first-order valence-electron chi connectivity index (χ1n) is 6.75. The van der Waals surface area contributed by atoms with Crippen molar-refractivity contribution in [1.29, 1.82) is 0 Å². The second-order valence-electron chi connectivity index (χ2n) is 5.23. The minimum atomic E-state index is -3.64. The minimum absolute atomic E-state index is 0.0824. The lowest BCUT2D eigenvalue weighted by molar-refractivity contribution is 0.568. The minimum Gasteiger partial charge on any atom is -0.354 e. The highest BCUT2D eigenvalue weighted by atomic mass is 32.2. The van der Waals surface area contributed by atoms with Gasteiger partial charge in [0.05, 0.1) is 10.6 Å².